The third-order valence-corrected chi connectivity index (χ3v) is 1.81. The fourth-order valence-corrected chi connectivity index (χ4v) is 1.16. The van der Waals surface area contributed by atoms with Crippen molar-refractivity contribution in [3.8, 4) is 5.75 Å². The highest BCUT2D eigenvalue weighted by Gasteiger charge is 2.15. The van der Waals surface area contributed by atoms with Crippen LogP contribution in [0.1, 0.15) is 12.3 Å². The molecule has 0 amide bonds. The first-order chi connectivity index (χ1) is 7.08. The molecule has 0 spiro atoms. The van der Waals surface area contributed by atoms with Gasteiger partial charge in [-0.2, -0.15) is 13.8 Å². The fraction of sp³-hybridized carbons (Fsp3) is 0.111. The lowest BCUT2D eigenvalue weighted by molar-refractivity contribution is 0.114. The van der Waals surface area contributed by atoms with E-state index in [1.165, 1.54) is 12.1 Å². The molecule has 0 saturated heterocycles. The number of hydrogen-bond acceptors (Lipinski definition) is 4. The van der Waals surface area contributed by atoms with E-state index in [-0.39, 0.29) is 16.7 Å². The Morgan fingerprint density at radius 3 is 2.80 bits per heavy atom. The van der Waals surface area contributed by atoms with E-state index in [0.717, 1.165) is 6.07 Å². The summed E-state index contributed by atoms with van der Waals surface area (Å²) in [5.74, 6) is -1.12. The van der Waals surface area contributed by atoms with Crippen molar-refractivity contribution in [1.29, 1.82) is 0 Å². The molecule has 0 bridgehead atoms. The van der Waals surface area contributed by atoms with Crippen LogP contribution in [-0.2, 0) is 0 Å². The number of alkyl halides is 2. The number of fused-ring (bicyclic) bond motifs is 1. The van der Waals surface area contributed by atoms with Crippen molar-refractivity contribution in [2.75, 3.05) is 0 Å². The summed E-state index contributed by atoms with van der Waals surface area (Å²) in [6, 6.07) is 3.60. The first kappa shape index (κ1) is 9.57. The van der Waals surface area contributed by atoms with Gasteiger partial charge in [0.05, 0.1) is 5.39 Å². The fourth-order valence-electron chi connectivity index (χ4n) is 1.16. The van der Waals surface area contributed by atoms with Gasteiger partial charge in [0.15, 0.2) is 0 Å². The lowest BCUT2D eigenvalue weighted by atomic mass is 10.2. The lowest BCUT2D eigenvalue weighted by Crippen LogP contribution is -2.09. The Morgan fingerprint density at radius 2 is 2.13 bits per heavy atom. The summed E-state index contributed by atoms with van der Waals surface area (Å²) in [6.45, 7) is 0. The third kappa shape index (κ3) is 1.65. The van der Waals surface area contributed by atoms with Gasteiger partial charge in [0.25, 0.3) is 11.4 Å². The first-order valence-corrected chi connectivity index (χ1v) is 4.00. The number of phenolic OH excluding ortho intramolecular Hbond substituents is 1. The number of halogens is 2. The van der Waals surface area contributed by atoms with Crippen molar-refractivity contribution in [3.05, 3.63) is 34.4 Å². The largest absolute Gasteiger partial charge is 0.508 e. The van der Waals surface area contributed by atoms with E-state index in [0.29, 0.717) is 0 Å². The first-order valence-electron chi connectivity index (χ1n) is 4.00. The second kappa shape index (κ2) is 3.30. The Labute approximate surface area is 81.8 Å². The summed E-state index contributed by atoms with van der Waals surface area (Å²) in [7, 11) is 0. The SMILES string of the molecule is O=c1nc(C(F)F)oc2cc(O)ccc12. The average molecular weight is 213 g/mol. The number of rotatable bonds is 1. The molecule has 0 aliphatic carbocycles. The highest BCUT2D eigenvalue weighted by molar-refractivity contribution is 5.76. The maximum atomic E-state index is 12.2. The molecule has 1 aromatic heterocycles. The molecule has 1 heterocycles. The zero-order chi connectivity index (χ0) is 11.0. The minimum absolute atomic E-state index is 0.0530. The van der Waals surface area contributed by atoms with E-state index in [9.17, 15) is 13.6 Å². The van der Waals surface area contributed by atoms with E-state index in [1.807, 2.05) is 0 Å². The van der Waals surface area contributed by atoms with Crippen molar-refractivity contribution < 1.29 is 18.3 Å². The van der Waals surface area contributed by atoms with Crippen LogP contribution in [0.15, 0.2) is 27.4 Å². The van der Waals surface area contributed by atoms with Crippen molar-refractivity contribution in [1.82, 2.24) is 4.98 Å². The normalized spacial score (nSPS) is 11.1. The Balaban J connectivity index is 2.80. The molecule has 2 aromatic rings. The highest BCUT2D eigenvalue weighted by Crippen LogP contribution is 2.21. The van der Waals surface area contributed by atoms with Gasteiger partial charge in [-0.05, 0) is 12.1 Å². The van der Waals surface area contributed by atoms with Crippen LogP contribution in [0.25, 0.3) is 11.0 Å². The van der Waals surface area contributed by atoms with E-state index in [4.69, 9.17) is 5.11 Å². The molecular formula is C9H5F2NO3. The van der Waals surface area contributed by atoms with Gasteiger partial charge in [0.1, 0.15) is 11.3 Å². The maximum absolute atomic E-state index is 12.2. The topological polar surface area (TPSA) is 63.3 Å². The molecule has 78 valence electrons. The number of aromatic hydroxyl groups is 1. The van der Waals surface area contributed by atoms with Crippen LogP contribution >= 0.6 is 0 Å². The van der Waals surface area contributed by atoms with Gasteiger partial charge in [-0.25, -0.2) is 0 Å². The van der Waals surface area contributed by atoms with Crippen molar-refractivity contribution >= 4 is 11.0 Å². The lowest BCUT2D eigenvalue weighted by Gasteiger charge is -2.00. The molecule has 4 nitrogen and oxygen atoms in total. The second-order valence-corrected chi connectivity index (χ2v) is 2.84. The van der Waals surface area contributed by atoms with Crippen LogP contribution < -0.4 is 5.56 Å². The van der Waals surface area contributed by atoms with Crippen LogP contribution in [0.3, 0.4) is 0 Å². The minimum Gasteiger partial charge on any atom is -0.508 e. The Hall–Kier alpha value is -1.98. The zero-order valence-corrected chi connectivity index (χ0v) is 7.28. The van der Waals surface area contributed by atoms with E-state index in [1.54, 1.807) is 0 Å². The number of phenols is 1. The summed E-state index contributed by atoms with van der Waals surface area (Å²) in [5, 5.41) is 9.13. The molecule has 15 heavy (non-hydrogen) atoms. The Bertz CT molecular complexity index is 565. The van der Waals surface area contributed by atoms with Crippen LogP contribution in [0.5, 0.6) is 5.75 Å². The second-order valence-electron chi connectivity index (χ2n) is 2.84. The number of hydrogen-bond donors (Lipinski definition) is 1. The average Bonchev–Trinajstić information content (AvgIpc) is 2.16. The van der Waals surface area contributed by atoms with Gasteiger partial charge in [-0.1, -0.05) is 0 Å². The van der Waals surface area contributed by atoms with E-state index in [2.05, 4.69) is 9.40 Å². The Kier molecular flexibility index (Phi) is 2.11. The molecule has 2 rings (SSSR count). The summed E-state index contributed by atoms with van der Waals surface area (Å²) >= 11 is 0. The molecule has 0 fully saturated rings. The molecular weight excluding hydrogens is 208 g/mol. The van der Waals surface area contributed by atoms with Gasteiger partial charge in [0.2, 0.25) is 0 Å². The summed E-state index contributed by atoms with van der Waals surface area (Å²) < 4.78 is 29.1. The monoisotopic (exact) mass is 213 g/mol. The molecule has 0 aliphatic rings. The smallest absolute Gasteiger partial charge is 0.313 e. The maximum Gasteiger partial charge on any atom is 0.313 e. The van der Waals surface area contributed by atoms with Gasteiger partial charge in [-0.15, -0.1) is 0 Å². The van der Waals surface area contributed by atoms with Crippen LogP contribution in [-0.4, -0.2) is 10.1 Å². The zero-order valence-electron chi connectivity index (χ0n) is 7.28. The predicted octanol–water partition coefficient (Wildman–Crippen LogP) is 1.83. The summed E-state index contributed by atoms with van der Waals surface area (Å²) in [5.41, 5.74) is -0.906. The van der Waals surface area contributed by atoms with Gasteiger partial charge in [-0.3, -0.25) is 4.79 Å². The minimum atomic E-state index is -2.95. The van der Waals surface area contributed by atoms with Crippen molar-refractivity contribution in [2.45, 2.75) is 6.43 Å². The number of nitrogens with zero attached hydrogens (tertiary/aromatic N) is 1. The standard InChI is InChI=1S/C9H5F2NO3/c10-7(11)9-12-8(14)5-2-1-4(13)3-6(5)15-9/h1-3,7,13H. The number of benzene rings is 1. The third-order valence-electron chi connectivity index (χ3n) is 1.81. The molecule has 0 aliphatic heterocycles. The Morgan fingerprint density at radius 1 is 1.40 bits per heavy atom. The molecule has 0 unspecified atom stereocenters. The van der Waals surface area contributed by atoms with E-state index >= 15 is 0 Å². The quantitative estimate of drug-likeness (QED) is 0.784. The summed E-state index contributed by atoms with van der Waals surface area (Å²) in [6.07, 6.45) is -2.95. The predicted molar refractivity (Wildman–Crippen MR) is 46.9 cm³/mol. The van der Waals surface area contributed by atoms with Crippen molar-refractivity contribution in [3.63, 3.8) is 0 Å². The van der Waals surface area contributed by atoms with Crippen molar-refractivity contribution in [2.24, 2.45) is 0 Å². The molecule has 0 radical (unpaired) electrons. The highest BCUT2D eigenvalue weighted by atomic mass is 19.3. The molecule has 1 N–H and O–H groups in total. The van der Waals surface area contributed by atoms with Gasteiger partial charge >= 0.3 is 6.43 Å². The molecule has 0 atom stereocenters. The van der Waals surface area contributed by atoms with Crippen LogP contribution in [0, 0.1) is 0 Å². The van der Waals surface area contributed by atoms with Gasteiger partial charge < -0.3 is 9.52 Å². The van der Waals surface area contributed by atoms with Crippen LogP contribution in [0.4, 0.5) is 8.78 Å². The van der Waals surface area contributed by atoms with E-state index < -0.39 is 17.9 Å². The van der Waals surface area contributed by atoms with Crippen LogP contribution in [0.2, 0.25) is 0 Å². The number of aromatic nitrogens is 1. The summed E-state index contributed by atoms with van der Waals surface area (Å²) in [4.78, 5) is 14.3. The molecule has 6 heteroatoms. The molecule has 1 aromatic carbocycles. The molecule has 0 saturated carbocycles. The van der Waals surface area contributed by atoms with Gasteiger partial charge in [0, 0.05) is 6.07 Å².